The smallest absolute Gasteiger partial charge is 0.209 e. The first-order chi connectivity index (χ1) is 40.8. The van der Waals surface area contributed by atoms with Crippen molar-refractivity contribution in [2.24, 2.45) is 0 Å². The average Bonchev–Trinajstić information content (AvgIpc) is 4.10. The van der Waals surface area contributed by atoms with Gasteiger partial charge in [-0.05, 0) is 157 Å². The molecule has 2 aliphatic heterocycles. The van der Waals surface area contributed by atoms with Crippen LogP contribution in [0, 0.1) is 0 Å². The van der Waals surface area contributed by atoms with Crippen molar-refractivity contribution in [3.8, 4) is 5.75 Å². The lowest BCUT2D eigenvalue weighted by Gasteiger charge is -2.39. The summed E-state index contributed by atoms with van der Waals surface area (Å²) in [6.07, 6.45) is 33.9. The molecule has 3 aromatic carbocycles. The van der Waals surface area contributed by atoms with Gasteiger partial charge < -0.3 is 28.4 Å². The summed E-state index contributed by atoms with van der Waals surface area (Å²) < 4.78 is 51.7. The molecule has 3 aromatic rings. The number of benzene rings is 3. The Hall–Kier alpha value is -3.79. The van der Waals surface area contributed by atoms with Gasteiger partial charge in [-0.25, -0.2) is 8.42 Å². The minimum atomic E-state index is -4.60. The number of ether oxygens (including phenoxy) is 1. The Morgan fingerprint density at radius 2 is 1.12 bits per heavy atom. The molecule has 11 nitrogen and oxygen atoms in total. The summed E-state index contributed by atoms with van der Waals surface area (Å²) in [5, 5.41) is 14.1. The van der Waals surface area contributed by atoms with E-state index < -0.39 is 15.5 Å². The molecule has 0 radical (unpaired) electrons. The predicted molar refractivity (Wildman–Crippen MR) is 359 cm³/mol. The minimum Gasteiger partial charge on any atom is -0.744 e. The van der Waals surface area contributed by atoms with Crippen LogP contribution in [0.25, 0.3) is 5.57 Å². The van der Waals surface area contributed by atoms with Crippen molar-refractivity contribution in [1.82, 2.24) is 0 Å². The van der Waals surface area contributed by atoms with E-state index in [1.807, 2.05) is 30.3 Å². The number of unbranched alkanes of at least 4 members (excludes halogenated alkanes) is 10. The van der Waals surface area contributed by atoms with Crippen molar-refractivity contribution >= 4 is 44.8 Å². The van der Waals surface area contributed by atoms with E-state index in [9.17, 15) is 18.2 Å². The molecule has 0 amide bonds. The van der Waals surface area contributed by atoms with E-state index in [1.54, 1.807) is 6.07 Å². The summed E-state index contributed by atoms with van der Waals surface area (Å²) in [7, 11) is -4.60. The van der Waals surface area contributed by atoms with Crippen molar-refractivity contribution in [3.05, 3.63) is 107 Å². The highest BCUT2D eigenvalue weighted by Crippen LogP contribution is 2.49. The van der Waals surface area contributed by atoms with Crippen molar-refractivity contribution in [1.29, 1.82) is 0 Å². The lowest BCUT2D eigenvalue weighted by Crippen LogP contribution is -2.50. The second-order valence-corrected chi connectivity index (χ2v) is 27.2. The molecule has 5 rings (SSSR count). The van der Waals surface area contributed by atoms with Gasteiger partial charge in [0.25, 0.3) is 0 Å². The number of hydrogen-bond acceptors (Lipinski definition) is 9. The van der Waals surface area contributed by atoms with E-state index in [0.717, 1.165) is 93.5 Å². The van der Waals surface area contributed by atoms with Crippen LogP contribution in [0.2, 0.25) is 0 Å². The van der Waals surface area contributed by atoms with Gasteiger partial charge in [-0.2, -0.15) is 8.91 Å². The Morgan fingerprint density at radius 1 is 0.612 bits per heavy atom. The van der Waals surface area contributed by atoms with Gasteiger partial charge in [-0.15, -0.1) is 0 Å². The molecule has 13 heteroatoms. The van der Waals surface area contributed by atoms with Crippen LogP contribution in [0.4, 0.5) is 11.4 Å². The summed E-state index contributed by atoms with van der Waals surface area (Å²) in [5.74, 6) is 0.802. The summed E-state index contributed by atoms with van der Waals surface area (Å²) in [6.45, 7) is 46.9. The summed E-state index contributed by atoms with van der Waals surface area (Å²) in [4.78, 5) is 2.71. The van der Waals surface area contributed by atoms with E-state index >= 15 is 0 Å². The van der Waals surface area contributed by atoms with Crippen molar-refractivity contribution in [2.45, 2.75) is 246 Å². The first-order valence-corrected chi connectivity index (χ1v) is 35.8. The lowest BCUT2D eigenvalue weighted by molar-refractivity contribution is -0.929. The second kappa shape index (κ2) is 39.3. The fourth-order valence-corrected chi connectivity index (χ4v) is 13.3. The number of quaternary nitrogens is 2. The third-order valence-electron chi connectivity index (χ3n) is 17.7. The van der Waals surface area contributed by atoms with Crippen molar-refractivity contribution in [3.63, 3.8) is 0 Å². The van der Waals surface area contributed by atoms with Crippen LogP contribution in [-0.2, 0) is 30.3 Å². The molecule has 0 aromatic heterocycles. The Morgan fingerprint density at radius 3 is 1.56 bits per heavy atom. The van der Waals surface area contributed by atoms with Crippen LogP contribution in [0.5, 0.6) is 5.75 Å². The first-order valence-electron chi connectivity index (χ1n) is 33.6. The quantitative estimate of drug-likeness (QED) is 0.00805. The third-order valence-corrected chi connectivity index (χ3v) is 19.1. The molecule has 0 saturated heterocycles. The lowest BCUT2D eigenvalue weighted by atomic mass is 9.81. The molecular formula is C72H119N4O7S2+. The number of fused-ring (bicyclic) bond motifs is 2. The van der Waals surface area contributed by atoms with Crippen molar-refractivity contribution in [2.75, 3.05) is 77.0 Å². The van der Waals surface area contributed by atoms with Gasteiger partial charge in [0.05, 0.1) is 81.3 Å². The highest BCUT2D eigenvalue weighted by Gasteiger charge is 2.44. The maximum atomic E-state index is 11.9. The zero-order valence-electron chi connectivity index (χ0n) is 56.3. The summed E-state index contributed by atoms with van der Waals surface area (Å²) >= 11 is 0.883. The number of hydrogen-bond donors (Lipinski definition) is 0. The summed E-state index contributed by atoms with van der Waals surface area (Å²) in [6, 6.07) is 18.8. The average molecular weight is 1220 g/mol. The Kier molecular flexibility index (Phi) is 34.9. The number of likely N-dealkylation sites (N-methyl/N-ethyl adjacent to an activating group) is 1. The van der Waals surface area contributed by atoms with E-state index in [1.165, 1.54) is 176 Å². The van der Waals surface area contributed by atoms with Gasteiger partial charge in [0, 0.05) is 45.9 Å². The highest BCUT2D eigenvalue weighted by atomic mass is 32.2. The highest BCUT2D eigenvalue weighted by molar-refractivity contribution is 7.94. The van der Waals surface area contributed by atoms with Crippen LogP contribution in [0.15, 0.2) is 100 Å². The van der Waals surface area contributed by atoms with E-state index in [0.29, 0.717) is 13.2 Å². The largest absolute Gasteiger partial charge is 0.744 e. The zero-order chi connectivity index (χ0) is 62.9. The van der Waals surface area contributed by atoms with Crippen molar-refractivity contribution < 1.29 is 45.9 Å². The monoisotopic (exact) mass is 1220 g/mol. The normalized spacial score (nSPS) is 15.3. The summed E-state index contributed by atoms with van der Waals surface area (Å²) in [5.41, 5.74) is 7.00. The first kappa shape index (κ1) is 75.5. The van der Waals surface area contributed by atoms with E-state index in [2.05, 4.69) is 159 Å². The molecule has 480 valence electrons. The minimum absolute atomic E-state index is 0.226. The van der Waals surface area contributed by atoms with Gasteiger partial charge in [0.1, 0.15) is 22.4 Å². The third kappa shape index (κ3) is 23.0. The molecule has 0 fully saturated rings. The molecule has 2 aliphatic rings. The molecule has 0 aliphatic carbocycles. The molecule has 0 unspecified atom stereocenters. The fraction of sp³-hybridized carbons (Fsp3) is 0.653. The number of nitrogens with zero attached hydrogens (tertiary/aromatic N) is 4. The molecular weight excluding hydrogens is 1100 g/mol. The number of rotatable bonds is 39. The molecule has 2 heterocycles. The Balaban J connectivity index is 0.000000454. The number of anilines is 1. The fourth-order valence-electron chi connectivity index (χ4n) is 12.4. The van der Waals surface area contributed by atoms with Gasteiger partial charge in [-0.3, -0.25) is 5.04 Å². The van der Waals surface area contributed by atoms with Crippen LogP contribution >= 0.6 is 12.0 Å². The molecule has 0 bridgehead atoms. The SMILES string of the molecule is CCCCCOc1cccc(C(C=CC2=[N+](CC)c3ccc(SOO[O-])cc3C2(C)C)=CC=C2N(CC)c3ccc(S(=O)(=O)[O-])cc3C2(C)C)c1.CCCC[N+](CCCC)(CCCC)CCCC.CCCC[N+](CCCC)(CCCC)CCCC. The maximum Gasteiger partial charge on any atom is 0.209 e. The second-order valence-electron chi connectivity index (χ2n) is 25.0. The van der Waals surface area contributed by atoms with Crippen LogP contribution in [0.1, 0.15) is 243 Å². The van der Waals surface area contributed by atoms with Crippen LogP contribution < -0.4 is 14.9 Å². The molecule has 0 atom stereocenters. The maximum absolute atomic E-state index is 11.9. The van der Waals surface area contributed by atoms with E-state index in [-0.39, 0.29) is 10.3 Å². The molecule has 0 saturated carbocycles. The molecule has 0 spiro atoms. The predicted octanol–water partition coefficient (Wildman–Crippen LogP) is 18.1. The topological polar surface area (TPSA) is 114 Å². The van der Waals surface area contributed by atoms with Crippen LogP contribution in [-0.4, -0.2) is 104 Å². The molecule has 0 N–H and O–H groups in total. The van der Waals surface area contributed by atoms with Gasteiger partial charge in [0.15, 0.2) is 5.71 Å². The Bertz CT molecular complexity index is 2530. The Labute approximate surface area is 524 Å². The van der Waals surface area contributed by atoms with Crippen LogP contribution in [0.3, 0.4) is 0 Å². The molecule has 85 heavy (non-hydrogen) atoms. The van der Waals surface area contributed by atoms with Gasteiger partial charge >= 0.3 is 0 Å². The van der Waals surface area contributed by atoms with Gasteiger partial charge in [-0.1, -0.05) is 159 Å². The van der Waals surface area contributed by atoms with E-state index in [4.69, 9.17) is 4.74 Å². The standard InChI is InChI=1S/C40H48N2O7S2.2C16H36N/c1-8-11-12-24-47-30-15-13-14-29(25-30)28(16-22-37-39(4,5)33-26-31(50-49-48-43)18-20-35(33)41(37)9-2)17-23-38-40(6,7)34-27-32(51(44,45)46)19-21-36(34)42(38)10-3;2*1-5-9-13-17(14-10-6-2,15-11-7-3)16-12-8-4/h13-23,25-27H,8-12,24H2,1-7H3,(H-,43,44,45,46);2*5-16H2,1-4H3/q;2*+1/p-1. The van der Waals surface area contributed by atoms with Gasteiger partial charge in [0.2, 0.25) is 5.69 Å². The zero-order valence-corrected chi connectivity index (χ0v) is 57.9. The number of allylic oxidation sites excluding steroid dienone is 6.